The van der Waals surface area contributed by atoms with Gasteiger partial charge in [-0.2, -0.15) is 0 Å². The first-order chi connectivity index (χ1) is 9.48. The minimum Gasteiger partial charge on any atom is -0.461 e. The van der Waals surface area contributed by atoms with Crippen LogP contribution in [0.5, 0.6) is 0 Å². The van der Waals surface area contributed by atoms with Crippen molar-refractivity contribution in [3.63, 3.8) is 0 Å². The van der Waals surface area contributed by atoms with Crippen LogP contribution in [-0.2, 0) is 19.4 Å². The lowest BCUT2D eigenvalue weighted by molar-refractivity contribution is -0.144. The average Bonchev–Trinajstić information content (AvgIpc) is 2.94. The van der Waals surface area contributed by atoms with Crippen LogP contribution in [0.25, 0.3) is 0 Å². The summed E-state index contributed by atoms with van der Waals surface area (Å²) < 4.78 is 29.2. The highest BCUT2D eigenvalue weighted by atomic mass is 32.2. The lowest BCUT2D eigenvalue weighted by Crippen LogP contribution is -2.20. The quantitative estimate of drug-likeness (QED) is 0.561. The summed E-state index contributed by atoms with van der Waals surface area (Å²) in [5.41, 5.74) is 0. The van der Waals surface area contributed by atoms with Gasteiger partial charge in [0, 0.05) is 0 Å². The van der Waals surface area contributed by atoms with Gasteiger partial charge in [-0.3, -0.25) is 4.79 Å². The van der Waals surface area contributed by atoms with Crippen LogP contribution in [0.1, 0.15) is 13.3 Å². The maximum absolute atomic E-state index is 11.6. The summed E-state index contributed by atoms with van der Waals surface area (Å²) in [7, 11) is -3.02. The number of ether oxygens (including phenoxy) is 1. The fourth-order valence-corrected chi connectivity index (χ4v) is 5.92. The zero-order chi connectivity index (χ0) is 14.6. The van der Waals surface area contributed by atoms with Gasteiger partial charge in [-0.1, -0.05) is 41.8 Å². The molecule has 2 heterocycles. The van der Waals surface area contributed by atoms with Crippen molar-refractivity contribution in [3.8, 4) is 0 Å². The van der Waals surface area contributed by atoms with Crippen LogP contribution >= 0.6 is 34.9 Å². The smallest absolute Gasteiger partial charge is 0.316 e. The summed E-state index contributed by atoms with van der Waals surface area (Å²) in [4.78, 5) is 11.6. The number of carbonyl (C=O) groups excluding carboxylic acids is 1. The molecule has 0 spiro atoms. The van der Waals surface area contributed by atoms with Crippen LogP contribution in [0, 0.1) is 0 Å². The Morgan fingerprint density at radius 3 is 2.70 bits per heavy atom. The first kappa shape index (κ1) is 16.1. The van der Waals surface area contributed by atoms with Gasteiger partial charge in [0.1, 0.15) is 6.10 Å². The predicted octanol–water partition coefficient (Wildman–Crippen LogP) is 1.47. The zero-order valence-corrected chi connectivity index (χ0v) is 14.0. The SMILES string of the molecule is CCSc1nnc(SCC(=O)O[C@H]2CCS(=O)(=O)C2)s1. The Bertz CT molecular complexity index is 572. The molecular weight excluding hydrogens is 340 g/mol. The Kier molecular flexibility index (Phi) is 5.70. The van der Waals surface area contributed by atoms with E-state index in [0.717, 1.165) is 14.4 Å². The van der Waals surface area contributed by atoms with Crippen molar-refractivity contribution in [2.75, 3.05) is 23.0 Å². The van der Waals surface area contributed by atoms with Gasteiger partial charge in [0.15, 0.2) is 18.5 Å². The molecule has 1 aliphatic rings. The van der Waals surface area contributed by atoms with E-state index in [1.807, 2.05) is 6.92 Å². The molecule has 0 saturated carbocycles. The minimum atomic E-state index is -3.02. The van der Waals surface area contributed by atoms with Gasteiger partial charge in [0.2, 0.25) is 0 Å². The second-order valence-electron chi connectivity index (χ2n) is 4.07. The third kappa shape index (κ3) is 4.90. The van der Waals surface area contributed by atoms with E-state index in [2.05, 4.69) is 10.2 Å². The van der Waals surface area contributed by atoms with Crippen molar-refractivity contribution in [1.29, 1.82) is 0 Å². The molecule has 0 amide bonds. The van der Waals surface area contributed by atoms with Gasteiger partial charge in [-0.25, -0.2) is 8.42 Å². The molecule has 10 heteroatoms. The lowest BCUT2D eigenvalue weighted by atomic mass is 10.3. The third-order valence-corrected chi connectivity index (χ3v) is 7.24. The van der Waals surface area contributed by atoms with Gasteiger partial charge in [-0.15, -0.1) is 10.2 Å². The number of esters is 1. The van der Waals surface area contributed by atoms with Gasteiger partial charge in [0.05, 0.1) is 17.3 Å². The van der Waals surface area contributed by atoms with E-state index in [9.17, 15) is 13.2 Å². The van der Waals surface area contributed by atoms with E-state index >= 15 is 0 Å². The molecule has 1 aromatic heterocycles. The topological polar surface area (TPSA) is 86.2 Å². The summed E-state index contributed by atoms with van der Waals surface area (Å²) in [5.74, 6) is 0.697. The summed E-state index contributed by atoms with van der Waals surface area (Å²) >= 11 is 4.31. The first-order valence-electron chi connectivity index (χ1n) is 5.97. The zero-order valence-electron chi connectivity index (χ0n) is 10.8. The molecule has 20 heavy (non-hydrogen) atoms. The van der Waals surface area contributed by atoms with Crippen molar-refractivity contribution in [2.45, 2.75) is 28.1 Å². The number of sulfone groups is 1. The normalized spacial score (nSPS) is 20.9. The van der Waals surface area contributed by atoms with Crippen molar-refractivity contribution < 1.29 is 17.9 Å². The summed E-state index contributed by atoms with van der Waals surface area (Å²) in [6.45, 7) is 2.03. The Morgan fingerprint density at radius 2 is 2.10 bits per heavy atom. The van der Waals surface area contributed by atoms with Crippen LogP contribution in [0.3, 0.4) is 0 Å². The van der Waals surface area contributed by atoms with Crippen LogP contribution in [0.15, 0.2) is 8.68 Å². The fourth-order valence-electron chi connectivity index (χ4n) is 1.63. The van der Waals surface area contributed by atoms with Gasteiger partial charge < -0.3 is 4.74 Å². The largest absolute Gasteiger partial charge is 0.461 e. The molecule has 1 aromatic rings. The molecule has 112 valence electrons. The maximum atomic E-state index is 11.6. The molecule has 0 aliphatic carbocycles. The maximum Gasteiger partial charge on any atom is 0.316 e. The molecule has 1 aliphatic heterocycles. The van der Waals surface area contributed by atoms with E-state index in [4.69, 9.17) is 4.74 Å². The Hall–Kier alpha value is -0.320. The molecule has 0 aromatic carbocycles. The highest BCUT2D eigenvalue weighted by molar-refractivity contribution is 8.03. The van der Waals surface area contributed by atoms with Gasteiger partial charge >= 0.3 is 5.97 Å². The number of hydrogen-bond acceptors (Lipinski definition) is 9. The van der Waals surface area contributed by atoms with Crippen molar-refractivity contribution in [1.82, 2.24) is 10.2 Å². The highest BCUT2D eigenvalue weighted by Gasteiger charge is 2.30. The molecular formula is C10H14N2O4S4. The van der Waals surface area contributed by atoms with Crippen molar-refractivity contribution in [3.05, 3.63) is 0 Å². The minimum absolute atomic E-state index is 0.0560. The molecule has 0 N–H and O–H groups in total. The summed E-state index contributed by atoms with van der Waals surface area (Å²) in [6, 6.07) is 0. The van der Waals surface area contributed by atoms with Crippen LogP contribution in [0.2, 0.25) is 0 Å². The third-order valence-electron chi connectivity index (χ3n) is 2.46. The molecule has 0 unspecified atom stereocenters. The lowest BCUT2D eigenvalue weighted by Gasteiger charge is -2.08. The van der Waals surface area contributed by atoms with E-state index < -0.39 is 21.9 Å². The van der Waals surface area contributed by atoms with E-state index in [0.29, 0.717) is 6.42 Å². The van der Waals surface area contributed by atoms with Gasteiger partial charge in [0.25, 0.3) is 0 Å². The molecule has 1 saturated heterocycles. The van der Waals surface area contributed by atoms with Crippen molar-refractivity contribution >= 4 is 50.7 Å². The fraction of sp³-hybridized carbons (Fsp3) is 0.700. The number of hydrogen-bond donors (Lipinski definition) is 0. The second kappa shape index (κ2) is 7.10. The van der Waals surface area contributed by atoms with Crippen LogP contribution in [-0.4, -0.2) is 53.7 Å². The first-order valence-corrected chi connectivity index (χ1v) is 10.6. The van der Waals surface area contributed by atoms with E-state index in [-0.39, 0.29) is 17.3 Å². The van der Waals surface area contributed by atoms with E-state index in [1.165, 1.54) is 23.1 Å². The second-order valence-corrected chi connectivity index (χ2v) is 10.0. The predicted molar refractivity (Wildman–Crippen MR) is 80.2 cm³/mol. The Labute approximate surface area is 130 Å². The number of thioether (sulfide) groups is 2. The molecule has 0 radical (unpaired) electrons. The van der Waals surface area contributed by atoms with Crippen LogP contribution in [0.4, 0.5) is 0 Å². The monoisotopic (exact) mass is 354 g/mol. The molecule has 1 atom stereocenters. The molecule has 6 nitrogen and oxygen atoms in total. The molecule has 2 rings (SSSR count). The van der Waals surface area contributed by atoms with Crippen molar-refractivity contribution in [2.24, 2.45) is 0 Å². The highest BCUT2D eigenvalue weighted by Crippen LogP contribution is 2.28. The Morgan fingerprint density at radius 1 is 1.40 bits per heavy atom. The number of nitrogens with zero attached hydrogens (tertiary/aromatic N) is 2. The van der Waals surface area contributed by atoms with Gasteiger partial charge in [-0.05, 0) is 12.2 Å². The molecule has 0 bridgehead atoms. The summed E-state index contributed by atoms with van der Waals surface area (Å²) in [5, 5.41) is 7.95. The molecule has 1 fully saturated rings. The average molecular weight is 355 g/mol. The number of rotatable bonds is 6. The number of aromatic nitrogens is 2. The standard InChI is InChI=1S/C10H14N2O4S4/c1-2-17-9-11-12-10(19-9)18-5-8(13)16-7-3-4-20(14,15)6-7/h7H,2-6H2,1H3/t7-/m0/s1. The van der Waals surface area contributed by atoms with E-state index in [1.54, 1.807) is 11.8 Å². The summed E-state index contributed by atoms with van der Waals surface area (Å²) in [6.07, 6.45) is -0.0943. The Balaban J connectivity index is 1.74. The number of carbonyl (C=O) groups is 1. The van der Waals surface area contributed by atoms with Crippen LogP contribution < -0.4 is 0 Å².